The fraction of sp³-hybridized carbons (Fsp3) is 0.636. The average Bonchev–Trinajstić information content (AvgIpc) is 2.65. The molecule has 0 unspecified atom stereocenters. The quantitative estimate of drug-likeness (QED) is 0.858. The Labute approximate surface area is 99.9 Å². The fourth-order valence-corrected chi connectivity index (χ4v) is 1.92. The minimum Gasteiger partial charge on any atom is -0.480 e. The zero-order valence-electron chi connectivity index (χ0n) is 10.1. The molecule has 0 saturated carbocycles. The minimum atomic E-state index is -0.865. The smallest absolute Gasteiger partial charge is 0.323 e. The third kappa shape index (κ3) is 2.80. The number of aryl methyl sites for hydroxylation is 1. The third-order valence-corrected chi connectivity index (χ3v) is 3.82. The Morgan fingerprint density at radius 3 is 2.69 bits per heavy atom. The molecule has 4 nitrogen and oxygen atoms in total. The number of rotatable bonds is 5. The first-order valence-electron chi connectivity index (χ1n) is 5.25. The summed E-state index contributed by atoms with van der Waals surface area (Å²) in [6, 6.07) is 0. The van der Waals surface area contributed by atoms with Crippen LogP contribution in [0.25, 0.3) is 0 Å². The summed E-state index contributed by atoms with van der Waals surface area (Å²) in [7, 11) is 1.80. The van der Waals surface area contributed by atoms with E-state index in [2.05, 4.69) is 11.9 Å². The summed E-state index contributed by atoms with van der Waals surface area (Å²) >= 11 is 1.63. The summed E-state index contributed by atoms with van der Waals surface area (Å²) in [5.41, 5.74) is 0.0781. The van der Waals surface area contributed by atoms with Crippen molar-refractivity contribution in [1.82, 2.24) is 9.88 Å². The van der Waals surface area contributed by atoms with Crippen LogP contribution < -0.4 is 0 Å². The van der Waals surface area contributed by atoms with E-state index in [-0.39, 0.29) is 0 Å². The number of hydrogen-bond acceptors (Lipinski definition) is 4. The third-order valence-electron chi connectivity index (χ3n) is 2.78. The van der Waals surface area contributed by atoms with Gasteiger partial charge in [0.25, 0.3) is 0 Å². The molecular formula is C11H18N2O2S. The standard InChI is InChI=1S/C11H18N2O2S/c1-5-9-12-8(7-16-9)6-13(4)11(2,3)10(14)15/h7H,5-6H2,1-4H3,(H,14,15). The number of carboxylic acids is 1. The molecule has 0 aromatic carbocycles. The molecule has 0 fully saturated rings. The van der Waals surface area contributed by atoms with Crippen molar-refractivity contribution in [3.05, 3.63) is 16.1 Å². The van der Waals surface area contributed by atoms with Gasteiger partial charge in [0.2, 0.25) is 0 Å². The van der Waals surface area contributed by atoms with Crippen LogP contribution in [0.3, 0.4) is 0 Å². The lowest BCUT2D eigenvalue weighted by Gasteiger charge is -2.30. The highest BCUT2D eigenvalue weighted by molar-refractivity contribution is 7.09. The van der Waals surface area contributed by atoms with E-state index < -0.39 is 11.5 Å². The van der Waals surface area contributed by atoms with E-state index in [0.29, 0.717) is 6.54 Å². The molecule has 1 aromatic rings. The number of carbonyl (C=O) groups is 1. The lowest BCUT2D eigenvalue weighted by molar-refractivity contribution is -0.148. The van der Waals surface area contributed by atoms with E-state index in [0.717, 1.165) is 17.1 Å². The van der Waals surface area contributed by atoms with Crippen molar-refractivity contribution in [3.63, 3.8) is 0 Å². The molecule has 0 atom stereocenters. The zero-order valence-corrected chi connectivity index (χ0v) is 11.0. The van der Waals surface area contributed by atoms with Crippen LogP contribution in [-0.4, -0.2) is 33.5 Å². The Kier molecular flexibility index (Phi) is 4.04. The molecule has 16 heavy (non-hydrogen) atoms. The summed E-state index contributed by atoms with van der Waals surface area (Å²) in [5, 5.41) is 12.2. The summed E-state index contributed by atoms with van der Waals surface area (Å²) in [4.78, 5) is 17.3. The van der Waals surface area contributed by atoms with E-state index in [1.54, 1.807) is 37.1 Å². The van der Waals surface area contributed by atoms with Crippen molar-refractivity contribution in [2.24, 2.45) is 0 Å². The summed E-state index contributed by atoms with van der Waals surface area (Å²) in [6.45, 7) is 6.02. The normalized spacial score (nSPS) is 12.1. The Morgan fingerprint density at radius 1 is 1.62 bits per heavy atom. The Morgan fingerprint density at radius 2 is 2.25 bits per heavy atom. The number of nitrogens with zero attached hydrogens (tertiary/aromatic N) is 2. The van der Waals surface area contributed by atoms with Crippen LogP contribution in [0.1, 0.15) is 31.5 Å². The summed E-state index contributed by atoms with van der Waals surface area (Å²) in [5.74, 6) is -0.819. The first kappa shape index (κ1) is 13.1. The monoisotopic (exact) mass is 242 g/mol. The molecule has 1 heterocycles. The van der Waals surface area contributed by atoms with Gasteiger partial charge in [-0.2, -0.15) is 0 Å². The van der Waals surface area contributed by atoms with Crippen molar-refractivity contribution in [1.29, 1.82) is 0 Å². The predicted octanol–water partition coefficient (Wildman–Crippen LogP) is 2.00. The van der Waals surface area contributed by atoms with E-state index in [1.165, 1.54) is 0 Å². The van der Waals surface area contributed by atoms with E-state index >= 15 is 0 Å². The average molecular weight is 242 g/mol. The van der Waals surface area contributed by atoms with Crippen LogP contribution in [0.5, 0.6) is 0 Å². The second-order valence-electron chi connectivity index (χ2n) is 4.31. The molecular weight excluding hydrogens is 224 g/mol. The second-order valence-corrected chi connectivity index (χ2v) is 5.25. The molecule has 0 aliphatic heterocycles. The number of carboxylic acid groups (broad SMARTS) is 1. The molecule has 0 saturated heterocycles. The highest BCUT2D eigenvalue weighted by atomic mass is 32.1. The maximum atomic E-state index is 11.1. The van der Waals surface area contributed by atoms with Gasteiger partial charge in [-0.05, 0) is 27.3 Å². The largest absolute Gasteiger partial charge is 0.480 e. The zero-order chi connectivity index (χ0) is 12.3. The first-order valence-corrected chi connectivity index (χ1v) is 6.13. The number of likely N-dealkylation sites (N-methyl/N-ethyl adjacent to an activating group) is 1. The van der Waals surface area contributed by atoms with Gasteiger partial charge in [-0.3, -0.25) is 9.69 Å². The van der Waals surface area contributed by atoms with Crippen molar-refractivity contribution < 1.29 is 9.90 Å². The number of thiazole rings is 1. The predicted molar refractivity (Wildman–Crippen MR) is 64.7 cm³/mol. The number of aromatic nitrogens is 1. The molecule has 0 radical (unpaired) electrons. The molecule has 90 valence electrons. The van der Waals surface area contributed by atoms with E-state index in [9.17, 15) is 4.79 Å². The Balaban J connectivity index is 2.70. The minimum absolute atomic E-state index is 0.565. The second kappa shape index (κ2) is 4.93. The molecule has 5 heteroatoms. The number of aliphatic carboxylic acids is 1. The summed E-state index contributed by atoms with van der Waals surface area (Å²) < 4.78 is 0. The maximum Gasteiger partial charge on any atom is 0.323 e. The van der Waals surface area contributed by atoms with Gasteiger partial charge in [0.15, 0.2) is 0 Å². The van der Waals surface area contributed by atoms with Gasteiger partial charge in [0, 0.05) is 11.9 Å². The summed E-state index contributed by atoms with van der Waals surface area (Å²) in [6.07, 6.45) is 0.927. The lowest BCUT2D eigenvalue weighted by atomic mass is 10.0. The van der Waals surface area contributed by atoms with Crippen LogP contribution >= 0.6 is 11.3 Å². The Bertz CT molecular complexity index is 374. The molecule has 0 bridgehead atoms. The van der Waals surface area contributed by atoms with Gasteiger partial charge in [0.1, 0.15) is 5.54 Å². The van der Waals surface area contributed by atoms with Crippen LogP contribution in [0.15, 0.2) is 5.38 Å². The van der Waals surface area contributed by atoms with E-state index in [1.807, 2.05) is 5.38 Å². The van der Waals surface area contributed by atoms with Crippen LogP contribution in [-0.2, 0) is 17.8 Å². The molecule has 0 amide bonds. The van der Waals surface area contributed by atoms with Crippen molar-refractivity contribution in [3.8, 4) is 0 Å². The van der Waals surface area contributed by atoms with Gasteiger partial charge in [-0.1, -0.05) is 6.92 Å². The topological polar surface area (TPSA) is 53.4 Å². The number of hydrogen-bond donors (Lipinski definition) is 1. The van der Waals surface area contributed by atoms with Crippen molar-refractivity contribution in [2.75, 3.05) is 7.05 Å². The molecule has 0 aliphatic rings. The van der Waals surface area contributed by atoms with Gasteiger partial charge in [0.05, 0.1) is 10.7 Å². The van der Waals surface area contributed by atoms with Crippen LogP contribution in [0.4, 0.5) is 0 Å². The fourth-order valence-electron chi connectivity index (χ4n) is 1.19. The van der Waals surface area contributed by atoms with Gasteiger partial charge in [-0.15, -0.1) is 11.3 Å². The molecule has 1 rings (SSSR count). The van der Waals surface area contributed by atoms with Crippen molar-refractivity contribution >= 4 is 17.3 Å². The maximum absolute atomic E-state index is 11.1. The molecule has 1 aromatic heterocycles. The van der Waals surface area contributed by atoms with E-state index in [4.69, 9.17) is 5.11 Å². The van der Waals surface area contributed by atoms with Crippen LogP contribution in [0, 0.1) is 0 Å². The molecule has 0 aliphatic carbocycles. The SMILES string of the molecule is CCc1nc(CN(C)C(C)(C)C(=O)O)cs1. The lowest BCUT2D eigenvalue weighted by Crippen LogP contribution is -2.47. The Hall–Kier alpha value is -0.940. The van der Waals surface area contributed by atoms with Crippen LogP contribution in [0.2, 0.25) is 0 Å². The highest BCUT2D eigenvalue weighted by Gasteiger charge is 2.32. The molecule has 0 spiro atoms. The van der Waals surface area contributed by atoms with Crippen molar-refractivity contribution in [2.45, 2.75) is 39.3 Å². The molecule has 1 N–H and O–H groups in total. The van der Waals surface area contributed by atoms with Gasteiger partial charge < -0.3 is 5.11 Å². The highest BCUT2D eigenvalue weighted by Crippen LogP contribution is 2.17. The van der Waals surface area contributed by atoms with Gasteiger partial charge >= 0.3 is 5.97 Å². The first-order chi connectivity index (χ1) is 7.37. The van der Waals surface area contributed by atoms with Gasteiger partial charge in [-0.25, -0.2) is 4.98 Å².